The van der Waals surface area contributed by atoms with E-state index < -0.39 is 0 Å². The number of hydrogen-bond acceptors (Lipinski definition) is 4. The Balaban J connectivity index is 1.98. The van der Waals surface area contributed by atoms with Crippen LogP contribution in [0.1, 0.15) is 48.9 Å². The molecule has 5 nitrogen and oxygen atoms in total. The highest BCUT2D eigenvalue weighted by atomic mass is 16.1. The Morgan fingerprint density at radius 3 is 3.00 bits per heavy atom. The van der Waals surface area contributed by atoms with Crippen molar-refractivity contribution in [2.75, 3.05) is 6.54 Å². The van der Waals surface area contributed by atoms with Crippen LogP contribution in [-0.4, -0.2) is 38.4 Å². The molecule has 2 aromatic rings. The first-order valence-electron chi connectivity index (χ1n) is 6.76. The molecule has 1 saturated heterocycles. The van der Waals surface area contributed by atoms with Crippen molar-refractivity contribution in [2.45, 2.75) is 38.8 Å². The van der Waals surface area contributed by atoms with E-state index in [4.69, 9.17) is 0 Å². The van der Waals surface area contributed by atoms with Gasteiger partial charge in [-0.1, -0.05) is 0 Å². The molecule has 0 spiro atoms. The van der Waals surface area contributed by atoms with Crippen LogP contribution in [0.4, 0.5) is 0 Å². The maximum absolute atomic E-state index is 10.8. The van der Waals surface area contributed by atoms with Gasteiger partial charge in [0.25, 0.3) is 0 Å². The summed E-state index contributed by atoms with van der Waals surface area (Å²) in [5.74, 6) is 0.870. The average molecular weight is 258 g/mol. The highest BCUT2D eigenvalue weighted by Gasteiger charge is 2.30. The van der Waals surface area contributed by atoms with Gasteiger partial charge >= 0.3 is 0 Å². The molecule has 3 rings (SSSR count). The molecule has 100 valence electrons. The molecule has 0 aromatic carbocycles. The Morgan fingerprint density at radius 1 is 1.42 bits per heavy atom. The van der Waals surface area contributed by atoms with E-state index in [0.29, 0.717) is 17.6 Å². The molecule has 1 aliphatic heterocycles. The fourth-order valence-corrected chi connectivity index (χ4v) is 2.81. The van der Waals surface area contributed by atoms with Gasteiger partial charge < -0.3 is 0 Å². The largest absolute Gasteiger partial charge is 0.298 e. The maximum atomic E-state index is 10.8. The van der Waals surface area contributed by atoms with Crippen LogP contribution in [0.15, 0.2) is 18.3 Å². The number of rotatable bonds is 3. The predicted octanol–water partition coefficient (Wildman–Crippen LogP) is 2.09. The Labute approximate surface area is 112 Å². The molecule has 0 radical (unpaired) electrons. The van der Waals surface area contributed by atoms with Crippen LogP contribution in [0.25, 0.3) is 5.65 Å². The third-order valence-corrected chi connectivity index (χ3v) is 3.76. The zero-order valence-electron chi connectivity index (χ0n) is 11.3. The minimum atomic E-state index is 0.305. The lowest BCUT2D eigenvalue weighted by Crippen LogP contribution is -2.30. The van der Waals surface area contributed by atoms with Gasteiger partial charge in [-0.2, -0.15) is 0 Å². The Hall–Kier alpha value is -1.75. The van der Waals surface area contributed by atoms with Crippen molar-refractivity contribution in [3.05, 3.63) is 29.7 Å². The van der Waals surface area contributed by atoms with E-state index >= 15 is 0 Å². The quantitative estimate of drug-likeness (QED) is 0.791. The van der Waals surface area contributed by atoms with Crippen molar-refractivity contribution in [1.29, 1.82) is 0 Å². The average Bonchev–Trinajstić information content (AvgIpc) is 3.03. The van der Waals surface area contributed by atoms with Gasteiger partial charge in [0.2, 0.25) is 0 Å². The topological polar surface area (TPSA) is 50.5 Å². The van der Waals surface area contributed by atoms with E-state index in [1.54, 1.807) is 16.8 Å². The molecule has 1 unspecified atom stereocenters. The van der Waals surface area contributed by atoms with E-state index in [0.717, 1.165) is 30.7 Å². The fraction of sp³-hybridized carbons (Fsp3) is 0.500. The van der Waals surface area contributed by atoms with Gasteiger partial charge in [-0.3, -0.25) is 9.69 Å². The molecule has 0 amide bonds. The lowest BCUT2D eigenvalue weighted by Gasteiger charge is -2.25. The highest BCUT2D eigenvalue weighted by Crippen LogP contribution is 2.31. The number of aldehydes is 1. The zero-order chi connectivity index (χ0) is 13.4. The molecule has 5 heteroatoms. The van der Waals surface area contributed by atoms with Crippen LogP contribution in [0, 0.1) is 0 Å². The van der Waals surface area contributed by atoms with Crippen LogP contribution >= 0.6 is 0 Å². The van der Waals surface area contributed by atoms with Crippen LogP contribution in [0.2, 0.25) is 0 Å². The van der Waals surface area contributed by atoms with Crippen LogP contribution in [0.5, 0.6) is 0 Å². The monoisotopic (exact) mass is 258 g/mol. The number of carbonyl (C=O) groups excluding carboxylic acids is 1. The minimum Gasteiger partial charge on any atom is -0.298 e. The van der Waals surface area contributed by atoms with Crippen LogP contribution < -0.4 is 0 Å². The lowest BCUT2D eigenvalue weighted by atomic mass is 10.2. The van der Waals surface area contributed by atoms with Crippen molar-refractivity contribution < 1.29 is 4.79 Å². The normalized spacial score (nSPS) is 20.5. The summed E-state index contributed by atoms with van der Waals surface area (Å²) in [5.41, 5.74) is 1.42. The first kappa shape index (κ1) is 12.3. The summed E-state index contributed by atoms with van der Waals surface area (Å²) in [4.78, 5) is 17.8. The molecular formula is C14H18N4O. The SMILES string of the molecule is CC(C)N1CCCC1c1nc2ccc(C=O)cn2n1. The van der Waals surface area contributed by atoms with Gasteiger partial charge in [-0.05, 0) is 45.4 Å². The maximum Gasteiger partial charge on any atom is 0.168 e. The molecule has 0 saturated carbocycles. The number of likely N-dealkylation sites (tertiary alicyclic amines) is 1. The Morgan fingerprint density at radius 2 is 2.26 bits per heavy atom. The number of aromatic nitrogens is 3. The van der Waals surface area contributed by atoms with Gasteiger partial charge in [-0.15, -0.1) is 5.10 Å². The predicted molar refractivity (Wildman–Crippen MR) is 72.2 cm³/mol. The summed E-state index contributed by atoms with van der Waals surface area (Å²) < 4.78 is 1.70. The van der Waals surface area contributed by atoms with Crippen LogP contribution in [0.3, 0.4) is 0 Å². The summed E-state index contributed by atoms with van der Waals surface area (Å²) in [5, 5.41) is 4.54. The van der Waals surface area contributed by atoms with Gasteiger partial charge in [0.1, 0.15) is 0 Å². The lowest BCUT2D eigenvalue weighted by molar-refractivity contribution is 0.112. The van der Waals surface area contributed by atoms with E-state index in [1.807, 2.05) is 6.07 Å². The number of nitrogens with zero attached hydrogens (tertiary/aromatic N) is 4. The minimum absolute atomic E-state index is 0.305. The standard InChI is InChI=1S/C14H18N4O/c1-10(2)17-7-3-4-12(17)14-15-13-6-5-11(9-19)8-18(13)16-14/h5-6,8-10,12H,3-4,7H2,1-2H3. The Kier molecular flexibility index (Phi) is 3.06. The third kappa shape index (κ3) is 2.14. The van der Waals surface area contributed by atoms with Gasteiger partial charge in [0.05, 0.1) is 6.04 Å². The van der Waals surface area contributed by atoms with E-state index in [2.05, 4.69) is 28.8 Å². The van der Waals surface area contributed by atoms with Gasteiger partial charge in [-0.25, -0.2) is 9.50 Å². The molecule has 2 aromatic heterocycles. The highest BCUT2D eigenvalue weighted by molar-refractivity contribution is 5.74. The molecule has 0 aliphatic carbocycles. The van der Waals surface area contributed by atoms with Crippen molar-refractivity contribution in [3.8, 4) is 0 Å². The fourth-order valence-electron chi connectivity index (χ4n) is 2.81. The zero-order valence-corrected chi connectivity index (χ0v) is 11.3. The molecule has 0 bridgehead atoms. The summed E-state index contributed by atoms with van der Waals surface area (Å²) in [7, 11) is 0. The number of fused-ring (bicyclic) bond motifs is 1. The van der Waals surface area contributed by atoms with Crippen molar-refractivity contribution in [3.63, 3.8) is 0 Å². The summed E-state index contributed by atoms with van der Waals surface area (Å²) in [6, 6.07) is 4.43. The van der Waals surface area contributed by atoms with E-state index in [9.17, 15) is 4.79 Å². The second-order valence-corrected chi connectivity index (χ2v) is 5.34. The Bertz CT molecular complexity index is 605. The van der Waals surface area contributed by atoms with Crippen molar-refractivity contribution in [1.82, 2.24) is 19.5 Å². The molecule has 0 N–H and O–H groups in total. The second kappa shape index (κ2) is 4.74. The molecule has 3 heterocycles. The number of pyridine rings is 1. The second-order valence-electron chi connectivity index (χ2n) is 5.34. The van der Waals surface area contributed by atoms with Crippen LogP contribution in [-0.2, 0) is 0 Å². The molecule has 1 aliphatic rings. The molecule has 1 fully saturated rings. The number of carbonyl (C=O) groups is 1. The van der Waals surface area contributed by atoms with Gasteiger partial charge in [0.15, 0.2) is 17.8 Å². The van der Waals surface area contributed by atoms with Crippen molar-refractivity contribution in [2.24, 2.45) is 0 Å². The van der Waals surface area contributed by atoms with Gasteiger partial charge in [0, 0.05) is 17.8 Å². The molecular weight excluding hydrogens is 240 g/mol. The molecule has 19 heavy (non-hydrogen) atoms. The van der Waals surface area contributed by atoms with E-state index in [1.165, 1.54) is 6.42 Å². The van der Waals surface area contributed by atoms with E-state index in [-0.39, 0.29) is 0 Å². The third-order valence-electron chi connectivity index (χ3n) is 3.76. The van der Waals surface area contributed by atoms with Crippen molar-refractivity contribution >= 4 is 11.9 Å². The first-order chi connectivity index (χ1) is 9.19. The summed E-state index contributed by atoms with van der Waals surface area (Å²) >= 11 is 0. The number of hydrogen-bond donors (Lipinski definition) is 0. The smallest absolute Gasteiger partial charge is 0.168 e. The summed E-state index contributed by atoms with van der Waals surface area (Å²) in [6.07, 6.45) is 4.86. The molecule has 1 atom stereocenters. The summed E-state index contributed by atoms with van der Waals surface area (Å²) in [6.45, 7) is 5.52. The first-order valence-corrected chi connectivity index (χ1v) is 6.76.